The van der Waals surface area contributed by atoms with Gasteiger partial charge in [0.25, 0.3) is 5.91 Å². The molecule has 7 nitrogen and oxygen atoms in total. The van der Waals surface area contributed by atoms with E-state index in [1.165, 1.54) is 31.2 Å². The molecule has 0 spiro atoms. The average Bonchev–Trinajstić information content (AvgIpc) is 3.52. The molecule has 0 bridgehead atoms. The fourth-order valence-corrected chi connectivity index (χ4v) is 5.60. The van der Waals surface area contributed by atoms with Gasteiger partial charge in [-0.25, -0.2) is 4.52 Å². The van der Waals surface area contributed by atoms with E-state index in [-0.39, 0.29) is 5.91 Å². The van der Waals surface area contributed by atoms with Gasteiger partial charge in [-0.2, -0.15) is 5.10 Å². The maximum atomic E-state index is 13.0. The van der Waals surface area contributed by atoms with E-state index < -0.39 is 0 Å². The first-order valence-electron chi connectivity index (χ1n) is 12.3. The van der Waals surface area contributed by atoms with Gasteiger partial charge < -0.3 is 14.5 Å². The van der Waals surface area contributed by atoms with E-state index in [0.29, 0.717) is 50.1 Å². The number of carbonyl (C=O) groups excluding carboxylic acids is 2. The Morgan fingerprint density at radius 3 is 2.50 bits per heavy atom. The molecule has 2 aromatic heterocycles. The summed E-state index contributed by atoms with van der Waals surface area (Å²) in [4.78, 5) is 29.6. The first-order valence-corrected chi connectivity index (χ1v) is 12.3. The number of amides is 2. The molecule has 172 valence electrons. The highest BCUT2D eigenvalue weighted by Gasteiger charge is 2.26. The Balaban J connectivity index is 1.21. The molecule has 7 heteroatoms. The van der Waals surface area contributed by atoms with Crippen molar-refractivity contribution in [3.8, 4) is 0 Å². The molecule has 0 atom stereocenters. The summed E-state index contributed by atoms with van der Waals surface area (Å²) in [5.41, 5.74) is 2.77. The molecule has 32 heavy (non-hydrogen) atoms. The highest BCUT2D eigenvalue weighted by atomic mass is 16.5. The number of nitrogens with zero attached hydrogens (tertiary/aromatic N) is 4. The maximum Gasteiger partial charge on any atom is 0.257 e. The number of likely N-dealkylation sites (tertiary alicyclic amines) is 1. The number of fused-ring (bicyclic) bond motifs is 1. The predicted octanol–water partition coefficient (Wildman–Crippen LogP) is 3.48. The van der Waals surface area contributed by atoms with Gasteiger partial charge in [-0.15, -0.1) is 0 Å². The van der Waals surface area contributed by atoms with Crippen molar-refractivity contribution < 1.29 is 14.3 Å². The van der Waals surface area contributed by atoms with E-state index in [1.807, 2.05) is 11.1 Å². The molecule has 3 fully saturated rings. The molecule has 2 amide bonds. The third-order valence-corrected chi connectivity index (χ3v) is 7.63. The molecular formula is C25H34N4O3. The van der Waals surface area contributed by atoms with Crippen LogP contribution in [0.4, 0.5) is 0 Å². The van der Waals surface area contributed by atoms with Crippen molar-refractivity contribution in [3.05, 3.63) is 35.7 Å². The van der Waals surface area contributed by atoms with Crippen molar-refractivity contribution in [2.45, 2.75) is 57.3 Å². The molecule has 4 heterocycles. The minimum Gasteiger partial charge on any atom is -0.378 e. The normalized spacial score (nSPS) is 20.9. The second-order valence-corrected chi connectivity index (χ2v) is 9.60. The fourth-order valence-electron chi connectivity index (χ4n) is 5.60. The zero-order chi connectivity index (χ0) is 21.9. The Morgan fingerprint density at radius 2 is 1.75 bits per heavy atom. The lowest BCUT2D eigenvalue weighted by molar-refractivity contribution is -0.132. The number of aromatic nitrogens is 2. The van der Waals surface area contributed by atoms with E-state index in [1.54, 1.807) is 10.7 Å². The van der Waals surface area contributed by atoms with Gasteiger partial charge in [0.2, 0.25) is 5.91 Å². The van der Waals surface area contributed by atoms with Gasteiger partial charge in [-0.1, -0.05) is 25.7 Å². The fraction of sp³-hybridized carbons (Fsp3) is 0.640. The molecule has 0 aromatic carbocycles. The monoisotopic (exact) mass is 438 g/mol. The van der Waals surface area contributed by atoms with Crippen molar-refractivity contribution in [3.63, 3.8) is 0 Å². The SMILES string of the molecule is O=C(CCC1CCCC1)N1CCC(c2ccn3ncc(C(=O)N4CCOCC4)c3c2)CC1. The third kappa shape index (κ3) is 4.53. The Bertz CT molecular complexity index is 951. The molecule has 1 aliphatic carbocycles. The molecule has 5 rings (SSSR count). The minimum atomic E-state index is 0.0307. The van der Waals surface area contributed by atoms with Crippen LogP contribution in [0.25, 0.3) is 5.52 Å². The Kier molecular flexibility index (Phi) is 6.44. The Hall–Kier alpha value is -2.41. The van der Waals surface area contributed by atoms with Crippen LogP contribution in [0.15, 0.2) is 24.5 Å². The average molecular weight is 439 g/mol. The van der Waals surface area contributed by atoms with E-state index in [2.05, 4.69) is 22.1 Å². The van der Waals surface area contributed by atoms with Crippen LogP contribution in [0, 0.1) is 5.92 Å². The van der Waals surface area contributed by atoms with Crippen LogP contribution < -0.4 is 0 Å². The molecule has 2 saturated heterocycles. The number of rotatable bonds is 5. The summed E-state index contributed by atoms with van der Waals surface area (Å²) in [6.07, 6.45) is 12.7. The molecule has 0 unspecified atom stereocenters. The number of hydrogen-bond donors (Lipinski definition) is 0. The zero-order valence-electron chi connectivity index (χ0n) is 18.9. The Labute approximate surface area is 189 Å². The first-order chi connectivity index (χ1) is 15.7. The minimum absolute atomic E-state index is 0.0307. The van der Waals surface area contributed by atoms with Gasteiger partial charge in [0.1, 0.15) is 0 Å². The second-order valence-electron chi connectivity index (χ2n) is 9.60. The summed E-state index contributed by atoms with van der Waals surface area (Å²) in [5.74, 6) is 1.55. The van der Waals surface area contributed by atoms with Crippen LogP contribution in [0.3, 0.4) is 0 Å². The van der Waals surface area contributed by atoms with Crippen LogP contribution in [0.2, 0.25) is 0 Å². The highest BCUT2D eigenvalue weighted by molar-refractivity contribution is 6.00. The zero-order valence-corrected chi connectivity index (χ0v) is 18.9. The number of piperidine rings is 1. The number of carbonyl (C=O) groups is 2. The number of ether oxygens (including phenoxy) is 1. The quantitative estimate of drug-likeness (QED) is 0.717. The smallest absolute Gasteiger partial charge is 0.257 e. The first kappa shape index (κ1) is 21.4. The molecule has 1 saturated carbocycles. The summed E-state index contributed by atoms with van der Waals surface area (Å²) < 4.78 is 7.17. The van der Waals surface area contributed by atoms with Crippen molar-refractivity contribution in [1.29, 1.82) is 0 Å². The molecule has 3 aliphatic rings. The largest absolute Gasteiger partial charge is 0.378 e. The van der Waals surface area contributed by atoms with Crippen molar-refractivity contribution >= 4 is 17.3 Å². The molecule has 0 N–H and O–H groups in total. The lowest BCUT2D eigenvalue weighted by Crippen LogP contribution is -2.40. The van der Waals surface area contributed by atoms with Crippen molar-refractivity contribution in [2.75, 3.05) is 39.4 Å². The third-order valence-electron chi connectivity index (χ3n) is 7.63. The van der Waals surface area contributed by atoms with Gasteiger partial charge >= 0.3 is 0 Å². The summed E-state index contributed by atoms with van der Waals surface area (Å²) in [7, 11) is 0. The van der Waals surface area contributed by atoms with Gasteiger partial charge in [0, 0.05) is 38.8 Å². The summed E-state index contributed by atoms with van der Waals surface area (Å²) in [6, 6.07) is 4.24. The molecule has 0 radical (unpaired) electrons. The Morgan fingerprint density at radius 1 is 1.00 bits per heavy atom. The molecular weight excluding hydrogens is 404 g/mol. The highest BCUT2D eigenvalue weighted by Crippen LogP contribution is 2.31. The summed E-state index contributed by atoms with van der Waals surface area (Å²) in [5, 5.41) is 4.39. The van der Waals surface area contributed by atoms with Crippen LogP contribution in [-0.2, 0) is 9.53 Å². The summed E-state index contributed by atoms with van der Waals surface area (Å²) in [6.45, 7) is 4.10. The van der Waals surface area contributed by atoms with Crippen LogP contribution in [-0.4, -0.2) is 70.6 Å². The second kappa shape index (κ2) is 9.61. The van der Waals surface area contributed by atoms with Gasteiger partial charge in [0.15, 0.2) is 0 Å². The molecule has 2 aromatic rings. The number of hydrogen-bond acceptors (Lipinski definition) is 4. The van der Waals surface area contributed by atoms with Gasteiger partial charge in [0.05, 0.1) is 30.5 Å². The number of morpholine rings is 1. The van der Waals surface area contributed by atoms with Crippen molar-refractivity contribution in [1.82, 2.24) is 19.4 Å². The van der Waals surface area contributed by atoms with Crippen LogP contribution in [0.1, 0.15) is 73.2 Å². The van der Waals surface area contributed by atoms with Crippen LogP contribution >= 0.6 is 0 Å². The van der Waals surface area contributed by atoms with E-state index >= 15 is 0 Å². The van der Waals surface area contributed by atoms with E-state index in [0.717, 1.165) is 43.8 Å². The lowest BCUT2D eigenvalue weighted by atomic mass is 9.89. The number of pyridine rings is 1. The van der Waals surface area contributed by atoms with Gasteiger partial charge in [-0.05, 0) is 48.8 Å². The predicted molar refractivity (Wildman–Crippen MR) is 122 cm³/mol. The van der Waals surface area contributed by atoms with E-state index in [9.17, 15) is 9.59 Å². The lowest BCUT2D eigenvalue weighted by Gasteiger charge is -2.32. The van der Waals surface area contributed by atoms with Crippen molar-refractivity contribution in [2.24, 2.45) is 5.92 Å². The standard InChI is InChI=1S/C25H34N4O3/c30-24(6-5-19-3-1-2-4-19)27-10-7-20(8-11-27)21-9-12-29-23(17-21)22(18-26-29)25(31)28-13-15-32-16-14-28/h9,12,17-20H,1-8,10-11,13-16H2. The maximum absolute atomic E-state index is 13.0. The van der Waals surface area contributed by atoms with E-state index in [4.69, 9.17) is 4.74 Å². The topological polar surface area (TPSA) is 67.2 Å². The molecule has 2 aliphatic heterocycles. The van der Waals surface area contributed by atoms with Crippen LogP contribution in [0.5, 0.6) is 0 Å². The van der Waals surface area contributed by atoms with Gasteiger partial charge in [-0.3, -0.25) is 9.59 Å². The summed E-state index contributed by atoms with van der Waals surface area (Å²) >= 11 is 0.